The first-order chi connectivity index (χ1) is 9.20. The molecule has 1 aliphatic heterocycles. The Morgan fingerprint density at radius 1 is 1.58 bits per heavy atom. The lowest BCUT2D eigenvalue weighted by Crippen LogP contribution is -2.31. The van der Waals surface area contributed by atoms with Crippen LogP contribution >= 0.6 is 0 Å². The molecular weight excluding hydrogens is 252 g/mol. The Balaban J connectivity index is 1.87. The van der Waals surface area contributed by atoms with Crippen LogP contribution in [0.4, 0.5) is 0 Å². The minimum Gasteiger partial charge on any atom is -0.465 e. The number of carbonyl (C=O) groups is 2. The molecule has 1 aromatic rings. The third-order valence-electron chi connectivity index (χ3n) is 2.70. The molecule has 104 valence electrons. The predicted octanol–water partition coefficient (Wildman–Crippen LogP) is -0.213. The summed E-state index contributed by atoms with van der Waals surface area (Å²) in [6, 6.07) is 0.0131. The van der Waals surface area contributed by atoms with Crippen molar-refractivity contribution in [2.24, 2.45) is 0 Å². The summed E-state index contributed by atoms with van der Waals surface area (Å²) in [4.78, 5) is 26.8. The van der Waals surface area contributed by atoms with Gasteiger partial charge < -0.3 is 19.9 Å². The summed E-state index contributed by atoms with van der Waals surface area (Å²) in [5.41, 5.74) is 0. The van der Waals surface area contributed by atoms with E-state index in [4.69, 9.17) is 4.52 Å². The van der Waals surface area contributed by atoms with Crippen molar-refractivity contribution in [3.05, 3.63) is 11.7 Å². The van der Waals surface area contributed by atoms with Crippen LogP contribution in [0.5, 0.6) is 0 Å². The van der Waals surface area contributed by atoms with Crippen LogP contribution in [0.2, 0.25) is 0 Å². The average molecular weight is 268 g/mol. The molecule has 1 saturated heterocycles. The second-order valence-corrected chi connectivity index (χ2v) is 4.09. The van der Waals surface area contributed by atoms with Crippen molar-refractivity contribution >= 4 is 11.9 Å². The standard InChI is InChI=1S/C11H16N4O4/c1-2-18-8(16)6-13-10(17)9-14-11(19-15-9)7-4-3-5-12-7/h7,12H,2-6H2,1H3,(H,13,17). The summed E-state index contributed by atoms with van der Waals surface area (Å²) in [5, 5.41) is 9.15. The lowest BCUT2D eigenvalue weighted by molar-refractivity contribution is -0.141. The number of hydrogen-bond donors (Lipinski definition) is 2. The van der Waals surface area contributed by atoms with E-state index in [9.17, 15) is 9.59 Å². The molecule has 8 nitrogen and oxygen atoms in total. The lowest BCUT2D eigenvalue weighted by Gasteiger charge is -2.02. The first-order valence-corrected chi connectivity index (χ1v) is 6.21. The van der Waals surface area contributed by atoms with Crippen molar-refractivity contribution < 1.29 is 18.8 Å². The highest BCUT2D eigenvalue weighted by molar-refractivity contribution is 5.92. The van der Waals surface area contributed by atoms with E-state index in [-0.39, 0.29) is 25.0 Å². The fourth-order valence-corrected chi connectivity index (χ4v) is 1.81. The Morgan fingerprint density at radius 3 is 3.11 bits per heavy atom. The molecule has 2 rings (SSSR count). The van der Waals surface area contributed by atoms with Crippen molar-refractivity contribution in [3.8, 4) is 0 Å². The molecule has 1 fully saturated rings. The number of hydrogen-bond acceptors (Lipinski definition) is 7. The van der Waals surface area contributed by atoms with E-state index in [1.54, 1.807) is 6.92 Å². The van der Waals surface area contributed by atoms with Gasteiger partial charge in [0.1, 0.15) is 6.54 Å². The molecule has 1 atom stereocenters. The number of esters is 1. The first-order valence-electron chi connectivity index (χ1n) is 6.21. The SMILES string of the molecule is CCOC(=O)CNC(=O)c1noc(C2CCCN2)n1. The Morgan fingerprint density at radius 2 is 2.42 bits per heavy atom. The maximum atomic E-state index is 11.7. The minimum atomic E-state index is -0.555. The smallest absolute Gasteiger partial charge is 0.325 e. The number of ether oxygens (including phenoxy) is 1. The third-order valence-corrected chi connectivity index (χ3v) is 2.70. The van der Waals surface area contributed by atoms with Gasteiger partial charge in [0.05, 0.1) is 12.6 Å². The Hall–Kier alpha value is -1.96. The fraction of sp³-hybridized carbons (Fsp3) is 0.636. The Labute approximate surface area is 109 Å². The van der Waals surface area contributed by atoms with Gasteiger partial charge in [-0.1, -0.05) is 5.16 Å². The molecule has 1 aromatic heterocycles. The largest absolute Gasteiger partial charge is 0.465 e. The summed E-state index contributed by atoms with van der Waals surface area (Å²) >= 11 is 0. The number of aromatic nitrogens is 2. The number of amides is 1. The van der Waals surface area contributed by atoms with Gasteiger partial charge in [-0.05, 0) is 26.3 Å². The van der Waals surface area contributed by atoms with Gasteiger partial charge in [-0.15, -0.1) is 0 Å². The summed E-state index contributed by atoms with van der Waals surface area (Å²) in [5.74, 6) is -0.732. The monoisotopic (exact) mass is 268 g/mol. The summed E-state index contributed by atoms with van der Waals surface area (Å²) in [6.45, 7) is 2.66. The molecule has 1 unspecified atom stereocenters. The van der Waals surface area contributed by atoms with Crippen molar-refractivity contribution in [2.45, 2.75) is 25.8 Å². The molecule has 1 aliphatic rings. The third kappa shape index (κ3) is 3.50. The highest BCUT2D eigenvalue weighted by Gasteiger charge is 2.24. The molecule has 0 aromatic carbocycles. The van der Waals surface area contributed by atoms with Crippen LogP contribution in [-0.2, 0) is 9.53 Å². The van der Waals surface area contributed by atoms with Crippen molar-refractivity contribution in [1.29, 1.82) is 0 Å². The van der Waals surface area contributed by atoms with Gasteiger partial charge in [-0.2, -0.15) is 4.98 Å². The molecule has 0 radical (unpaired) electrons. The first kappa shape index (κ1) is 13.5. The topological polar surface area (TPSA) is 106 Å². The maximum absolute atomic E-state index is 11.7. The zero-order chi connectivity index (χ0) is 13.7. The second kappa shape index (κ2) is 6.28. The molecule has 0 aliphatic carbocycles. The quantitative estimate of drug-likeness (QED) is 0.711. The van der Waals surface area contributed by atoms with Gasteiger partial charge in [0.25, 0.3) is 11.7 Å². The van der Waals surface area contributed by atoms with E-state index in [0.29, 0.717) is 5.89 Å². The molecule has 1 amide bonds. The molecule has 0 saturated carbocycles. The van der Waals surface area contributed by atoms with Gasteiger partial charge in [0.2, 0.25) is 5.89 Å². The van der Waals surface area contributed by atoms with E-state index in [1.165, 1.54) is 0 Å². The van der Waals surface area contributed by atoms with Crippen molar-refractivity contribution in [1.82, 2.24) is 20.8 Å². The molecule has 0 bridgehead atoms. The zero-order valence-corrected chi connectivity index (χ0v) is 10.6. The number of nitrogens with one attached hydrogen (secondary N) is 2. The van der Waals surface area contributed by atoms with Gasteiger partial charge in [-0.3, -0.25) is 9.59 Å². The zero-order valence-electron chi connectivity index (χ0n) is 10.6. The normalized spacial score (nSPS) is 18.3. The molecule has 2 N–H and O–H groups in total. The molecule has 19 heavy (non-hydrogen) atoms. The maximum Gasteiger partial charge on any atom is 0.325 e. The van der Waals surface area contributed by atoms with Crippen LogP contribution in [0.25, 0.3) is 0 Å². The lowest BCUT2D eigenvalue weighted by atomic mass is 10.2. The van der Waals surface area contributed by atoms with Crippen LogP contribution < -0.4 is 10.6 Å². The van der Waals surface area contributed by atoms with Gasteiger partial charge in [0.15, 0.2) is 0 Å². The highest BCUT2D eigenvalue weighted by Crippen LogP contribution is 2.20. The van der Waals surface area contributed by atoms with E-state index >= 15 is 0 Å². The van der Waals surface area contributed by atoms with Gasteiger partial charge in [-0.25, -0.2) is 0 Å². The molecule has 2 heterocycles. The van der Waals surface area contributed by atoms with Crippen molar-refractivity contribution in [2.75, 3.05) is 19.7 Å². The Bertz CT molecular complexity index is 453. The molecule has 0 spiro atoms. The van der Waals surface area contributed by atoms with Crippen LogP contribution in [0.3, 0.4) is 0 Å². The van der Waals surface area contributed by atoms with Crippen molar-refractivity contribution in [3.63, 3.8) is 0 Å². The molecular formula is C11H16N4O4. The summed E-state index contributed by atoms with van der Waals surface area (Å²) in [6.07, 6.45) is 1.95. The number of rotatable bonds is 5. The van der Waals surface area contributed by atoms with E-state index < -0.39 is 11.9 Å². The average Bonchev–Trinajstić information content (AvgIpc) is 3.06. The van der Waals surface area contributed by atoms with E-state index in [2.05, 4.69) is 25.5 Å². The van der Waals surface area contributed by atoms with Crippen LogP contribution in [0.15, 0.2) is 4.52 Å². The fourth-order valence-electron chi connectivity index (χ4n) is 1.81. The number of nitrogens with zero attached hydrogens (tertiary/aromatic N) is 2. The van der Waals surface area contributed by atoms with Crippen LogP contribution in [-0.4, -0.2) is 41.7 Å². The minimum absolute atomic E-state index is 0.0131. The molecule has 8 heteroatoms. The van der Waals surface area contributed by atoms with Gasteiger partial charge in [0, 0.05) is 0 Å². The van der Waals surface area contributed by atoms with Crippen LogP contribution in [0, 0.1) is 0 Å². The predicted molar refractivity (Wildman–Crippen MR) is 63.2 cm³/mol. The summed E-state index contributed by atoms with van der Waals surface area (Å²) in [7, 11) is 0. The van der Waals surface area contributed by atoms with Gasteiger partial charge >= 0.3 is 5.97 Å². The second-order valence-electron chi connectivity index (χ2n) is 4.09. The van der Waals surface area contributed by atoms with Crippen LogP contribution in [0.1, 0.15) is 42.3 Å². The summed E-state index contributed by atoms with van der Waals surface area (Å²) < 4.78 is 9.71. The Kier molecular flexibility index (Phi) is 4.45. The van der Waals surface area contributed by atoms with E-state index in [0.717, 1.165) is 19.4 Å². The number of carbonyl (C=O) groups excluding carboxylic acids is 2. The highest BCUT2D eigenvalue weighted by atomic mass is 16.5. The van der Waals surface area contributed by atoms with E-state index in [1.807, 2.05) is 0 Å².